The molecule has 0 atom stereocenters. The lowest BCUT2D eigenvalue weighted by molar-refractivity contribution is -0.144. The Labute approximate surface area is 155 Å². The van der Waals surface area contributed by atoms with Crippen LogP contribution in [0.1, 0.15) is 52.4 Å². The van der Waals surface area contributed by atoms with Gasteiger partial charge in [0, 0.05) is 12.8 Å². The van der Waals surface area contributed by atoms with Gasteiger partial charge in [-0.2, -0.15) is 0 Å². The zero-order valence-electron chi connectivity index (χ0n) is 15.7. The molecule has 0 saturated heterocycles. The molecular weight excluding hydrogens is 328 g/mol. The van der Waals surface area contributed by atoms with E-state index in [9.17, 15) is 9.59 Å². The highest BCUT2D eigenvalue weighted by atomic mass is 16.5. The fraction of sp³-hybridized carbons (Fsp3) is 0.455. The third-order valence-electron chi connectivity index (χ3n) is 4.15. The molecular formula is C22H28O4. The first-order valence-electron chi connectivity index (χ1n) is 9.39. The monoisotopic (exact) mass is 356 g/mol. The largest absolute Gasteiger partial charge is 0.466 e. The van der Waals surface area contributed by atoms with Crippen LogP contribution in [0.15, 0.2) is 42.5 Å². The topological polar surface area (TPSA) is 52.6 Å². The van der Waals surface area contributed by atoms with Crippen LogP contribution in [0, 0.1) is 5.92 Å². The smallest absolute Gasteiger partial charge is 0.311 e. The number of carbonyl (C=O) groups is 2. The van der Waals surface area contributed by atoms with Gasteiger partial charge < -0.3 is 9.47 Å². The van der Waals surface area contributed by atoms with Crippen LogP contribution < -0.4 is 4.74 Å². The van der Waals surface area contributed by atoms with Gasteiger partial charge in [0.2, 0.25) is 0 Å². The Morgan fingerprint density at radius 1 is 0.885 bits per heavy atom. The Kier molecular flexibility index (Phi) is 8.13. The summed E-state index contributed by atoms with van der Waals surface area (Å²) in [5.41, 5.74) is 0. The Morgan fingerprint density at radius 2 is 1.58 bits per heavy atom. The van der Waals surface area contributed by atoms with Gasteiger partial charge in [0.1, 0.15) is 5.75 Å². The lowest BCUT2D eigenvalue weighted by atomic mass is 10.1. The summed E-state index contributed by atoms with van der Waals surface area (Å²) in [6.07, 6.45) is 3.87. The van der Waals surface area contributed by atoms with E-state index < -0.39 is 0 Å². The molecule has 0 aromatic heterocycles. The molecule has 0 saturated carbocycles. The molecule has 0 unspecified atom stereocenters. The molecule has 0 amide bonds. The molecule has 0 N–H and O–H groups in total. The van der Waals surface area contributed by atoms with Gasteiger partial charge in [-0.1, -0.05) is 44.2 Å². The number of fused-ring (bicyclic) bond motifs is 1. The summed E-state index contributed by atoms with van der Waals surface area (Å²) >= 11 is 0. The lowest BCUT2D eigenvalue weighted by Gasteiger charge is -2.07. The average Bonchev–Trinajstić information content (AvgIpc) is 2.62. The zero-order valence-corrected chi connectivity index (χ0v) is 15.7. The Balaban J connectivity index is 1.61. The van der Waals surface area contributed by atoms with Gasteiger partial charge >= 0.3 is 11.9 Å². The van der Waals surface area contributed by atoms with Crippen LogP contribution >= 0.6 is 0 Å². The van der Waals surface area contributed by atoms with Crippen molar-refractivity contribution in [2.24, 2.45) is 5.92 Å². The van der Waals surface area contributed by atoms with E-state index in [0.717, 1.165) is 23.6 Å². The van der Waals surface area contributed by atoms with E-state index in [2.05, 4.69) is 13.8 Å². The van der Waals surface area contributed by atoms with E-state index >= 15 is 0 Å². The molecule has 0 aliphatic rings. The number of hydrogen-bond donors (Lipinski definition) is 0. The second kappa shape index (κ2) is 10.6. The molecule has 4 nitrogen and oxygen atoms in total. The summed E-state index contributed by atoms with van der Waals surface area (Å²) in [5, 5.41) is 2.15. The molecule has 0 spiro atoms. The minimum atomic E-state index is -0.273. The highest BCUT2D eigenvalue weighted by Gasteiger charge is 2.08. The maximum atomic E-state index is 11.9. The number of ether oxygens (including phenoxy) is 2. The Bertz CT molecular complexity index is 721. The molecule has 2 rings (SSSR count). The van der Waals surface area contributed by atoms with Crippen molar-refractivity contribution in [2.75, 3.05) is 6.61 Å². The van der Waals surface area contributed by atoms with Crippen molar-refractivity contribution < 1.29 is 19.1 Å². The van der Waals surface area contributed by atoms with Crippen molar-refractivity contribution in [1.82, 2.24) is 0 Å². The molecule has 4 heteroatoms. The van der Waals surface area contributed by atoms with Crippen LogP contribution in [0.4, 0.5) is 0 Å². The van der Waals surface area contributed by atoms with Gasteiger partial charge in [-0.3, -0.25) is 9.59 Å². The molecule has 0 bridgehead atoms. The highest BCUT2D eigenvalue weighted by Crippen LogP contribution is 2.21. The predicted molar refractivity (Wildman–Crippen MR) is 103 cm³/mol. The fourth-order valence-corrected chi connectivity index (χ4v) is 2.70. The molecule has 140 valence electrons. The number of benzene rings is 2. The second-order valence-electron chi connectivity index (χ2n) is 6.95. The first-order chi connectivity index (χ1) is 12.5. The van der Waals surface area contributed by atoms with Crippen LogP contribution in [0.3, 0.4) is 0 Å². The van der Waals surface area contributed by atoms with Crippen LogP contribution in [-0.2, 0) is 14.3 Å². The van der Waals surface area contributed by atoms with E-state index in [-0.39, 0.29) is 11.9 Å². The average molecular weight is 356 g/mol. The fourth-order valence-electron chi connectivity index (χ4n) is 2.70. The SMILES string of the molecule is CC(C)CCCOC(=O)CCCCC(=O)Oc1ccc2ccccc2c1. The minimum absolute atomic E-state index is 0.184. The normalized spacial score (nSPS) is 10.9. The number of carbonyl (C=O) groups excluding carboxylic acids is 2. The number of unbranched alkanes of at least 4 members (excludes halogenated alkanes) is 1. The zero-order chi connectivity index (χ0) is 18.8. The second-order valence-corrected chi connectivity index (χ2v) is 6.95. The molecule has 0 aliphatic carbocycles. The molecule has 2 aromatic rings. The summed E-state index contributed by atoms with van der Waals surface area (Å²) in [4.78, 5) is 23.5. The summed E-state index contributed by atoms with van der Waals surface area (Å²) in [6, 6.07) is 13.5. The van der Waals surface area contributed by atoms with Crippen LogP contribution in [-0.4, -0.2) is 18.5 Å². The van der Waals surface area contributed by atoms with E-state index in [0.29, 0.717) is 44.0 Å². The molecule has 0 aliphatic heterocycles. The molecule has 2 aromatic carbocycles. The third-order valence-corrected chi connectivity index (χ3v) is 4.15. The van der Waals surface area contributed by atoms with Crippen LogP contribution in [0.25, 0.3) is 10.8 Å². The minimum Gasteiger partial charge on any atom is -0.466 e. The maximum absolute atomic E-state index is 11.9. The van der Waals surface area contributed by atoms with E-state index in [4.69, 9.17) is 9.47 Å². The summed E-state index contributed by atoms with van der Waals surface area (Å²) < 4.78 is 10.6. The van der Waals surface area contributed by atoms with Crippen molar-refractivity contribution in [1.29, 1.82) is 0 Å². The predicted octanol–water partition coefficient (Wildman–Crippen LogP) is 5.29. The van der Waals surface area contributed by atoms with Gasteiger partial charge in [-0.15, -0.1) is 0 Å². The lowest BCUT2D eigenvalue weighted by Crippen LogP contribution is -2.09. The quantitative estimate of drug-likeness (QED) is 0.330. The number of hydrogen-bond acceptors (Lipinski definition) is 4. The molecule has 0 fully saturated rings. The van der Waals surface area contributed by atoms with Crippen molar-refractivity contribution >= 4 is 22.7 Å². The van der Waals surface area contributed by atoms with Gasteiger partial charge in [0.25, 0.3) is 0 Å². The number of esters is 2. The van der Waals surface area contributed by atoms with E-state index in [1.807, 2.05) is 36.4 Å². The van der Waals surface area contributed by atoms with Gasteiger partial charge in [0.05, 0.1) is 6.61 Å². The van der Waals surface area contributed by atoms with Crippen molar-refractivity contribution in [2.45, 2.75) is 52.4 Å². The van der Waals surface area contributed by atoms with Crippen molar-refractivity contribution in [3.05, 3.63) is 42.5 Å². The van der Waals surface area contributed by atoms with E-state index in [1.54, 1.807) is 6.07 Å². The van der Waals surface area contributed by atoms with Crippen molar-refractivity contribution in [3.8, 4) is 5.75 Å². The molecule has 26 heavy (non-hydrogen) atoms. The maximum Gasteiger partial charge on any atom is 0.311 e. The summed E-state index contributed by atoms with van der Waals surface area (Å²) in [6.45, 7) is 4.79. The summed E-state index contributed by atoms with van der Waals surface area (Å²) in [7, 11) is 0. The van der Waals surface area contributed by atoms with Crippen LogP contribution in [0.2, 0.25) is 0 Å². The van der Waals surface area contributed by atoms with Crippen LogP contribution in [0.5, 0.6) is 5.75 Å². The number of rotatable bonds is 10. The third kappa shape index (κ3) is 7.26. The van der Waals surface area contributed by atoms with Gasteiger partial charge in [0.15, 0.2) is 0 Å². The Hall–Kier alpha value is -2.36. The van der Waals surface area contributed by atoms with Crippen molar-refractivity contribution in [3.63, 3.8) is 0 Å². The molecule has 0 radical (unpaired) electrons. The standard InChI is InChI=1S/C22H28O4/c1-17(2)8-7-15-25-21(23)11-5-6-12-22(24)26-20-14-13-18-9-3-4-10-19(18)16-20/h3-4,9-10,13-14,16-17H,5-8,11-12,15H2,1-2H3. The van der Waals surface area contributed by atoms with E-state index in [1.165, 1.54) is 0 Å². The molecule has 0 heterocycles. The van der Waals surface area contributed by atoms with Gasteiger partial charge in [-0.25, -0.2) is 0 Å². The Morgan fingerprint density at radius 3 is 2.31 bits per heavy atom. The first-order valence-corrected chi connectivity index (χ1v) is 9.39. The summed E-state index contributed by atoms with van der Waals surface area (Å²) in [5.74, 6) is 0.725. The van der Waals surface area contributed by atoms with Gasteiger partial charge in [-0.05, 0) is 54.5 Å². The first kappa shape index (κ1) is 20.0. The highest BCUT2D eigenvalue weighted by molar-refractivity contribution is 5.84.